The normalized spacial score (nSPS) is 12.4. The first-order valence-corrected chi connectivity index (χ1v) is 9.04. The molecule has 28 heavy (non-hydrogen) atoms. The van der Waals surface area contributed by atoms with Crippen molar-refractivity contribution in [2.24, 2.45) is 0 Å². The zero-order valence-electron chi connectivity index (χ0n) is 14.3. The first kappa shape index (κ1) is 18.2. The van der Waals surface area contributed by atoms with E-state index in [-0.39, 0.29) is 5.16 Å². The number of aromatic nitrogens is 4. The Labute approximate surface area is 160 Å². The topological polar surface area (TPSA) is 83.6 Å². The standard InChI is InChI=1S/C18H12F3N5OS/c1-8(17(27)23-12-7-6-10(19)13(20)14(12)21)28-18-24-16-15(25-26-18)9-4-2-3-5-11(9)22-16/h2-8H,1H3,(H,23,27)(H,22,24,26)/t8-/m0/s1. The summed E-state index contributed by atoms with van der Waals surface area (Å²) in [5, 5.41) is 10.8. The van der Waals surface area contributed by atoms with Crippen molar-refractivity contribution in [1.82, 2.24) is 20.2 Å². The van der Waals surface area contributed by atoms with Crippen LogP contribution in [0.4, 0.5) is 18.9 Å². The Morgan fingerprint density at radius 2 is 1.89 bits per heavy atom. The maximum Gasteiger partial charge on any atom is 0.237 e. The summed E-state index contributed by atoms with van der Waals surface area (Å²) in [5.74, 6) is -5.04. The predicted molar refractivity (Wildman–Crippen MR) is 99.5 cm³/mol. The summed E-state index contributed by atoms with van der Waals surface area (Å²) in [6.07, 6.45) is 0. The molecule has 10 heteroatoms. The van der Waals surface area contributed by atoms with Crippen LogP contribution >= 0.6 is 11.8 Å². The second-order valence-electron chi connectivity index (χ2n) is 5.93. The Bertz CT molecular complexity index is 1210. The number of rotatable bonds is 4. The molecule has 0 bridgehead atoms. The Hall–Kier alpha value is -3.14. The van der Waals surface area contributed by atoms with E-state index in [0.717, 1.165) is 34.8 Å². The SMILES string of the molecule is C[C@H](Sc1nnc2c(n1)[nH]c1ccccc12)C(=O)Nc1ccc(F)c(F)c1F. The van der Waals surface area contributed by atoms with E-state index < -0.39 is 34.3 Å². The maximum absolute atomic E-state index is 13.7. The van der Waals surface area contributed by atoms with Crippen LogP contribution in [0.3, 0.4) is 0 Å². The Balaban J connectivity index is 1.52. The van der Waals surface area contributed by atoms with Crippen LogP contribution in [0.5, 0.6) is 0 Å². The zero-order valence-corrected chi connectivity index (χ0v) is 15.1. The van der Waals surface area contributed by atoms with E-state index in [1.165, 1.54) is 0 Å². The van der Waals surface area contributed by atoms with E-state index in [9.17, 15) is 18.0 Å². The molecule has 0 aliphatic rings. The van der Waals surface area contributed by atoms with Crippen molar-refractivity contribution in [2.45, 2.75) is 17.3 Å². The Morgan fingerprint density at radius 1 is 1.11 bits per heavy atom. The number of thioether (sulfide) groups is 1. The van der Waals surface area contributed by atoms with Crippen molar-refractivity contribution < 1.29 is 18.0 Å². The number of nitrogens with zero attached hydrogens (tertiary/aromatic N) is 3. The molecule has 0 saturated heterocycles. The minimum absolute atomic E-state index is 0.243. The number of aromatic amines is 1. The molecule has 2 aromatic carbocycles. The summed E-state index contributed by atoms with van der Waals surface area (Å²) in [7, 11) is 0. The van der Waals surface area contributed by atoms with Crippen molar-refractivity contribution in [3.05, 3.63) is 53.8 Å². The fourth-order valence-electron chi connectivity index (χ4n) is 2.62. The average Bonchev–Trinajstić information content (AvgIpc) is 3.06. The summed E-state index contributed by atoms with van der Waals surface area (Å²) in [6, 6.07) is 9.23. The minimum Gasteiger partial charge on any atom is -0.338 e. The molecule has 142 valence electrons. The highest BCUT2D eigenvalue weighted by Crippen LogP contribution is 2.26. The lowest BCUT2D eigenvalue weighted by Crippen LogP contribution is -2.23. The molecule has 1 amide bonds. The largest absolute Gasteiger partial charge is 0.338 e. The molecular formula is C18H12F3N5OS. The molecule has 0 saturated carbocycles. The number of amides is 1. The van der Waals surface area contributed by atoms with Gasteiger partial charge in [0.1, 0.15) is 5.52 Å². The summed E-state index contributed by atoms with van der Waals surface area (Å²) >= 11 is 1.00. The highest BCUT2D eigenvalue weighted by molar-refractivity contribution is 8.00. The highest BCUT2D eigenvalue weighted by atomic mass is 32.2. The van der Waals surface area contributed by atoms with Gasteiger partial charge in [-0.05, 0) is 25.1 Å². The number of benzene rings is 2. The van der Waals surface area contributed by atoms with Gasteiger partial charge in [0.25, 0.3) is 0 Å². The molecule has 0 aliphatic carbocycles. The third-order valence-electron chi connectivity index (χ3n) is 4.05. The number of hydrogen-bond acceptors (Lipinski definition) is 5. The number of H-pyrrole nitrogens is 1. The molecule has 1 atom stereocenters. The maximum atomic E-state index is 13.7. The van der Waals surface area contributed by atoms with Crippen LogP contribution in [0, 0.1) is 17.5 Å². The van der Waals surface area contributed by atoms with Crippen molar-refractivity contribution >= 4 is 45.4 Å². The minimum atomic E-state index is -1.64. The van der Waals surface area contributed by atoms with Gasteiger partial charge in [-0.1, -0.05) is 30.0 Å². The fraction of sp³-hybridized carbons (Fsp3) is 0.111. The molecule has 2 heterocycles. The molecule has 0 spiro atoms. The number of nitrogens with one attached hydrogen (secondary N) is 2. The lowest BCUT2D eigenvalue weighted by Gasteiger charge is -2.11. The van der Waals surface area contributed by atoms with Crippen LogP contribution < -0.4 is 5.32 Å². The molecule has 4 rings (SSSR count). The van der Waals surface area contributed by atoms with E-state index in [1.807, 2.05) is 24.3 Å². The summed E-state index contributed by atoms with van der Waals surface area (Å²) in [5.41, 5.74) is 1.56. The van der Waals surface area contributed by atoms with Gasteiger partial charge in [-0.3, -0.25) is 4.79 Å². The molecule has 4 aromatic rings. The van der Waals surface area contributed by atoms with Crippen LogP contribution in [0.2, 0.25) is 0 Å². The molecule has 6 nitrogen and oxygen atoms in total. The number of para-hydroxylation sites is 1. The molecule has 2 N–H and O–H groups in total. The number of carbonyl (C=O) groups is 1. The van der Waals surface area contributed by atoms with Gasteiger partial charge in [-0.25, -0.2) is 18.2 Å². The Morgan fingerprint density at radius 3 is 2.71 bits per heavy atom. The van der Waals surface area contributed by atoms with Crippen molar-refractivity contribution in [2.75, 3.05) is 5.32 Å². The van der Waals surface area contributed by atoms with Crippen molar-refractivity contribution in [3.63, 3.8) is 0 Å². The number of fused-ring (bicyclic) bond motifs is 3. The molecule has 0 radical (unpaired) electrons. The monoisotopic (exact) mass is 403 g/mol. The van der Waals surface area contributed by atoms with Gasteiger partial charge >= 0.3 is 0 Å². The van der Waals surface area contributed by atoms with Crippen molar-refractivity contribution in [1.29, 1.82) is 0 Å². The van der Waals surface area contributed by atoms with Gasteiger partial charge in [0, 0.05) is 10.9 Å². The third-order valence-corrected chi connectivity index (χ3v) is 5.00. The quantitative estimate of drug-likeness (QED) is 0.397. The number of hydrogen-bond donors (Lipinski definition) is 2. The van der Waals surface area contributed by atoms with E-state index in [2.05, 4.69) is 25.5 Å². The van der Waals surface area contributed by atoms with E-state index >= 15 is 0 Å². The van der Waals surface area contributed by atoms with Gasteiger partial charge in [0.05, 0.1) is 10.9 Å². The summed E-state index contributed by atoms with van der Waals surface area (Å²) in [6.45, 7) is 1.55. The van der Waals surface area contributed by atoms with Gasteiger partial charge in [0.2, 0.25) is 11.1 Å². The molecule has 0 unspecified atom stereocenters. The second-order valence-corrected chi connectivity index (χ2v) is 7.24. The second kappa shape index (κ2) is 7.12. The summed E-state index contributed by atoms with van der Waals surface area (Å²) < 4.78 is 40.0. The molecule has 2 aromatic heterocycles. The molecule has 0 fully saturated rings. The zero-order chi connectivity index (χ0) is 19.8. The van der Waals surface area contributed by atoms with E-state index in [0.29, 0.717) is 11.2 Å². The van der Waals surface area contributed by atoms with Crippen LogP contribution in [0.25, 0.3) is 22.1 Å². The van der Waals surface area contributed by atoms with E-state index in [4.69, 9.17) is 0 Å². The predicted octanol–water partition coefficient (Wildman–Crippen LogP) is 4.04. The van der Waals surface area contributed by atoms with Gasteiger partial charge in [0.15, 0.2) is 23.1 Å². The van der Waals surface area contributed by atoms with Crippen LogP contribution in [-0.4, -0.2) is 31.3 Å². The first-order valence-electron chi connectivity index (χ1n) is 8.16. The number of anilines is 1. The van der Waals surface area contributed by atoms with Crippen molar-refractivity contribution in [3.8, 4) is 0 Å². The van der Waals surface area contributed by atoms with E-state index in [1.54, 1.807) is 6.92 Å². The molecular weight excluding hydrogens is 391 g/mol. The summed E-state index contributed by atoms with van der Waals surface area (Å²) in [4.78, 5) is 19.8. The van der Waals surface area contributed by atoms with Gasteiger partial charge in [-0.15, -0.1) is 10.2 Å². The molecule has 0 aliphatic heterocycles. The smallest absolute Gasteiger partial charge is 0.237 e. The van der Waals surface area contributed by atoms with Crippen LogP contribution in [-0.2, 0) is 4.79 Å². The fourth-order valence-corrected chi connectivity index (χ4v) is 3.34. The number of halogens is 3. The Kier molecular flexibility index (Phi) is 4.63. The number of carbonyl (C=O) groups excluding carboxylic acids is 1. The van der Waals surface area contributed by atoms with Gasteiger partial charge in [-0.2, -0.15) is 0 Å². The lowest BCUT2D eigenvalue weighted by molar-refractivity contribution is -0.115. The lowest BCUT2D eigenvalue weighted by atomic mass is 10.2. The van der Waals surface area contributed by atoms with Crippen LogP contribution in [0.1, 0.15) is 6.92 Å². The third kappa shape index (κ3) is 3.26. The average molecular weight is 403 g/mol. The highest BCUT2D eigenvalue weighted by Gasteiger charge is 2.21. The van der Waals surface area contributed by atoms with Gasteiger partial charge < -0.3 is 10.3 Å². The van der Waals surface area contributed by atoms with Crippen LogP contribution in [0.15, 0.2) is 41.6 Å². The first-order chi connectivity index (χ1) is 13.4.